The lowest BCUT2D eigenvalue weighted by Gasteiger charge is -2.13. The number of pyridine rings is 1. The first-order chi connectivity index (χ1) is 16.2. The van der Waals surface area contributed by atoms with Crippen LogP contribution in [0.5, 0.6) is 0 Å². The SMILES string of the molecule is Cc1ccc(-c2cc(C(=O)Nc3ccccc3F)c3c(C)nn([C@H]4CCS(=O)(=O)C4)c3n2)cc1. The van der Waals surface area contributed by atoms with Gasteiger partial charge in [-0.3, -0.25) is 4.79 Å². The van der Waals surface area contributed by atoms with Crippen molar-refractivity contribution in [2.45, 2.75) is 26.3 Å². The number of para-hydroxylation sites is 1. The Morgan fingerprint density at radius 3 is 2.53 bits per heavy atom. The number of nitrogens with one attached hydrogen (secondary N) is 1. The van der Waals surface area contributed by atoms with E-state index in [-0.39, 0.29) is 23.2 Å². The van der Waals surface area contributed by atoms with E-state index in [1.165, 1.54) is 12.1 Å². The molecule has 0 unspecified atom stereocenters. The fourth-order valence-corrected chi connectivity index (χ4v) is 6.03. The number of sulfone groups is 1. The van der Waals surface area contributed by atoms with Crippen LogP contribution >= 0.6 is 0 Å². The first-order valence-electron chi connectivity index (χ1n) is 10.9. The number of fused-ring (bicyclic) bond motifs is 1. The molecule has 0 bridgehead atoms. The zero-order valence-electron chi connectivity index (χ0n) is 18.7. The van der Waals surface area contributed by atoms with Gasteiger partial charge in [0.05, 0.1) is 45.6 Å². The minimum atomic E-state index is -3.15. The van der Waals surface area contributed by atoms with E-state index in [9.17, 15) is 17.6 Å². The van der Waals surface area contributed by atoms with Crippen LogP contribution in [0.25, 0.3) is 22.3 Å². The van der Waals surface area contributed by atoms with Gasteiger partial charge in [-0.2, -0.15) is 5.10 Å². The van der Waals surface area contributed by atoms with Crippen LogP contribution in [0.2, 0.25) is 0 Å². The maximum absolute atomic E-state index is 14.2. The molecule has 0 saturated carbocycles. The van der Waals surface area contributed by atoms with Crippen LogP contribution in [0.3, 0.4) is 0 Å². The molecule has 7 nitrogen and oxygen atoms in total. The number of carbonyl (C=O) groups excluding carboxylic acids is 1. The van der Waals surface area contributed by atoms with Gasteiger partial charge in [0, 0.05) is 5.56 Å². The lowest BCUT2D eigenvalue weighted by atomic mass is 10.0. The summed E-state index contributed by atoms with van der Waals surface area (Å²) in [6.45, 7) is 3.74. The van der Waals surface area contributed by atoms with Gasteiger partial charge in [-0.05, 0) is 38.5 Å². The van der Waals surface area contributed by atoms with Gasteiger partial charge in [-0.15, -0.1) is 0 Å². The third-order valence-corrected chi connectivity index (χ3v) is 7.86. The molecule has 0 aliphatic carbocycles. The molecule has 1 saturated heterocycles. The average Bonchev–Trinajstić information content (AvgIpc) is 3.34. The number of aromatic nitrogens is 3. The van der Waals surface area contributed by atoms with Crippen molar-refractivity contribution in [2.24, 2.45) is 0 Å². The lowest BCUT2D eigenvalue weighted by Crippen LogP contribution is -2.15. The zero-order valence-corrected chi connectivity index (χ0v) is 19.6. The van der Waals surface area contributed by atoms with Gasteiger partial charge in [0.15, 0.2) is 15.5 Å². The van der Waals surface area contributed by atoms with Gasteiger partial charge < -0.3 is 5.32 Å². The predicted octanol–water partition coefficient (Wildman–Crippen LogP) is 4.47. The monoisotopic (exact) mass is 478 g/mol. The van der Waals surface area contributed by atoms with Crippen molar-refractivity contribution in [2.75, 3.05) is 16.8 Å². The van der Waals surface area contributed by atoms with E-state index in [1.54, 1.807) is 29.8 Å². The van der Waals surface area contributed by atoms with E-state index >= 15 is 0 Å². The Labute approximate surface area is 196 Å². The van der Waals surface area contributed by atoms with E-state index in [0.29, 0.717) is 34.4 Å². The number of halogens is 1. The highest BCUT2D eigenvalue weighted by Gasteiger charge is 2.32. The highest BCUT2D eigenvalue weighted by Crippen LogP contribution is 2.32. The number of hydrogen-bond acceptors (Lipinski definition) is 5. The van der Waals surface area contributed by atoms with Gasteiger partial charge >= 0.3 is 0 Å². The molecule has 34 heavy (non-hydrogen) atoms. The molecule has 174 valence electrons. The summed E-state index contributed by atoms with van der Waals surface area (Å²) >= 11 is 0. The fourth-order valence-electron chi connectivity index (χ4n) is 4.34. The van der Waals surface area contributed by atoms with Crippen molar-refractivity contribution in [3.05, 3.63) is 77.2 Å². The van der Waals surface area contributed by atoms with E-state index in [4.69, 9.17) is 4.98 Å². The van der Waals surface area contributed by atoms with Gasteiger partial charge in [0.2, 0.25) is 0 Å². The van der Waals surface area contributed by atoms with Crippen molar-refractivity contribution in [1.29, 1.82) is 0 Å². The van der Waals surface area contributed by atoms with Crippen LogP contribution in [-0.2, 0) is 9.84 Å². The summed E-state index contributed by atoms with van der Waals surface area (Å²) in [6, 6.07) is 15.0. The molecular weight excluding hydrogens is 455 g/mol. The normalized spacial score (nSPS) is 17.2. The largest absolute Gasteiger partial charge is 0.319 e. The highest BCUT2D eigenvalue weighted by molar-refractivity contribution is 7.91. The van der Waals surface area contributed by atoms with Crippen molar-refractivity contribution in [3.8, 4) is 11.3 Å². The number of anilines is 1. The Hall–Kier alpha value is -3.59. The van der Waals surface area contributed by atoms with Crippen molar-refractivity contribution < 1.29 is 17.6 Å². The summed E-state index contributed by atoms with van der Waals surface area (Å²) in [5, 5.41) is 7.76. The minimum Gasteiger partial charge on any atom is -0.319 e. The first kappa shape index (κ1) is 22.2. The van der Waals surface area contributed by atoms with Crippen LogP contribution in [0.1, 0.15) is 34.1 Å². The molecule has 2 aromatic carbocycles. The first-order valence-corrected chi connectivity index (χ1v) is 12.8. The second-order valence-corrected chi connectivity index (χ2v) is 10.9. The molecule has 1 N–H and O–H groups in total. The van der Waals surface area contributed by atoms with Crippen molar-refractivity contribution in [3.63, 3.8) is 0 Å². The van der Waals surface area contributed by atoms with E-state index in [2.05, 4.69) is 10.4 Å². The van der Waals surface area contributed by atoms with Gasteiger partial charge in [0.25, 0.3) is 5.91 Å². The van der Waals surface area contributed by atoms with E-state index < -0.39 is 21.6 Å². The summed E-state index contributed by atoms with van der Waals surface area (Å²) < 4.78 is 40.1. The van der Waals surface area contributed by atoms with Crippen LogP contribution in [0.4, 0.5) is 10.1 Å². The molecular formula is C25H23FN4O3S. The molecule has 1 amide bonds. The van der Waals surface area contributed by atoms with Crippen LogP contribution in [-0.4, -0.2) is 40.6 Å². The molecule has 1 aliphatic heterocycles. The third-order valence-electron chi connectivity index (χ3n) is 6.11. The molecule has 0 spiro atoms. The molecule has 2 aromatic heterocycles. The quantitative estimate of drug-likeness (QED) is 0.467. The second-order valence-electron chi connectivity index (χ2n) is 8.64. The number of carbonyl (C=O) groups is 1. The molecule has 5 rings (SSSR count). The van der Waals surface area contributed by atoms with Gasteiger partial charge in [-0.25, -0.2) is 22.5 Å². The highest BCUT2D eigenvalue weighted by atomic mass is 32.2. The van der Waals surface area contributed by atoms with Crippen molar-refractivity contribution >= 4 is 32.5 Å². The Morgan fingerprint density at radius 2 is 1.85 bits per heavy atom. The second kappa shape index (κ2) is 8.32. The molecule has 0 radical (unpaired) electrons. The molecule has 1 aliphatic rings. The maximum atomic E-state index is 14.2. The smallest absolute Gasteiger partial charge is 0.256 e. The molecule has 3 heterocycles. The Morgan fingerprint density at radius 1 is 1.12 bits per heavy atom. The standard InChI is InChI=1S/C25H23FN4O3S/c1-15-7-9-17(10-8-15)22-13-19(25(31)28-21-6-4-3-5-20(21)26)23-16(2)29-30(24(23)27-22)18-11-12-34(32,33)14-18/h3-10,13,18H,11-12,14H2,1-2H3,(H,28,31)/t18-/m0/s1. The van der Waals surface area contributed by atoms with Crippen LogP contribution in [0.15, 0.2) is 54.6 Å². The number of aryl methyl sites for hydroxylation is 2. The van der Waals surface area contributed by atoms with Gasteiger partial charge in [-0.1, -0.05) is 42.0 Å². The molecule has 1 fully saturated rings. The number of rotatable bonds is 4. The van der Waals surface area contributed by atoms with E-state index in [0.717, 1.165) is 11.1 Å². The van der Waals surface area contributed by atoms with Gasteiger partial charge in [0.1, 0.15) is 5.82 Å². The molecule has 4 aromatic rings. The summed E-state index contributed by atoms with van der Waals surface area (Å²) in [6.07, 6.45) is 0.436. The maximum Gasteiger partial charge on any atom is 0.256 e. The summed E-state index contributed by atoms with van der Waals surface area (Å²) in [5.74, 6) is -0.955. The topological polar surface area (TPSA) is 94.0 Å². The summed E-state index contributed by atoms with van der Waals surface area (Å²) in [4.78, 5) is 18.2. The third kappa shape index (κ3) is 4.07. The predicted molar refractivity (Wildman–Crippen MR) is 129 cm³/mol. The Bertz CT molecular complexity index is 1530. The van der Waals surface area contributed by atoms with Crippen molar-refractivity contribution in [1.82, 2.24) is 14.8 Å². The summed E-state index contributed by atoms with van der Waals surface area (Å²) in [7, 11) is -3.15. The minimum absolute atomic E-state index is 0.0174. The lowest BCUT2D eigenvalue weighted by molar-refractivity contribution is 0.102. The zero-order chi connectivity index (χ0) is 24.0. The number of benzene rings is 2. The number of nitrogens with zero attached hydrogens (tertiary/aromatic N) is 3. The number of hydrogen-bond donors (Lipinski definition) is 1. The van der Waals surface area contributed by atoms with E-state index in [1.807, 2.05) is 31.2 Å². The molecule has 1 atom stereocenters. The molecule has 9 heteroatoms. The summed E-state index contributed by atoms with van der Waals surface area (Å²) in [5.41, 5.74) is 3.80. The average molecular weight is 479 g/mol. The number of amides is 1. The van der Waals surface area contributed by atoms with Crippen LogP contribution in [0, 0.1) is 19.7 Å². The fraction of sp³-hybridized carbons (Fsp3) is 0.240. The van der Waals surface area contributed by atoms with Crippen LogP contribution < -0.4 is 5.32 Å². The Balaban J connectivity index is 1.69. The Kier molecular flexibility index (Phi) is 5.44.